The number of hydrogen-bond acceptors (Lipinski definition) is 5. The zero-order valence-corrected chi connectivity index (χ0v) is 23.2. The third-order valence-corrected chi connectivity index (χ3v) is 8.39. The van der Waals surface area contributed by atoms with Crippen molar-refractivity contribution in [2.45, 2.75) is 35.6 Å². The molecular formula is C26H28F6N5PS. The maximum absolute atomic E-state index is 14.6. The molecule has 3 aromatic rings. The van der Waals surface area contributed by atoms with E-state index < -0.39 is 32.1 Å². The summed E-state index contributed by atoms with van der Waals surface area (Å²) in [6, 6.07) is 7.50. The molecule has 0 amide bonds. The summed E-state index contributed by atoms with van der Waals surface area (Å²) in [4.78, 5) is 6.23. The fourth-order valence-electron chi connectivity index (χ4n) is 4.30. The zero-order chi connectivity index (χ0) is 28.3. The number of rotatable bonds is 7. The summed E-state index contributed by atoms with van der Waals surface area (Å²) in [6.07, 6.45) is -1.87. The van der Waals surface area contributed by atoms with Crippen LogP contribution in [0.1, 0.15) is 24.1 Å². The smallest absolute Gasteiger partial charge is 0.376 e. The van der Waals surface area contributed by atoms with E-state index in [1.54, 1.807) is 24.3 Å². The predicted octanol–water partition coefficient (Wildman–Crippen LogP) is 6.17. The molecule has 1 aliphatic heterocycles. The molecule has 13 heteroatoms. The summed E-state index contributed by atoms with van der Waals surface area (Å²) >= 11 is -0.344. The maximum Gasteiger partial charge on any atom is 0.447 e. The number of thioether (sulfide) groups is 1. The summed E-state index contributed by atoms with van der Waals surface area (Å²) < 4.78 is 83.4. The van der Waals surface area contributed by atoms with Crippen molar-refractivity contribution >= 4 is 42.0 Å². The van der Waals surface area contributed by atoms with Crippen molar-refractivity contribution in [1.82, 2.24) is 14.3 Å². The van der Waals surface area contributed by atoms with Crippen molar-refractivity contribution in [3.63, 3.8) is 0 Å². The maximum atomic E-state index is 14.6. The van der Waals surface area contributed by atoms with Gasteiger partial charge in [-0.25, -0.2) is 18.2 Å². The van der Waals surface area contributed by atoms with Gasteiger partial charge in [0, 0.05) is 42.3 Å². The Bertz CT molecular complexity index is 1370. The largest absolute Gasteiger partial charge is 0.447 e. The molecular weight excluding hydrogens is 559 g/mol. The van der Waals surface area contributed by atoms with Crippen LogP contribution in [-0.4, -0.2) is 72.0 Å². The van der Waals surface area contributed by atoms with Crippen LogP contribution < -0.4 is 15.9 Å². The first kappa shape index (κ1) is 29.4. The minimum absolute atomic E-state index is 0.0830. The van der Waals surface area contributed by atoms with E-state index in [9.17, 15) is 26.3 Å². The fraction of sp³-hybridized carbons (Fsp3) is 0.423. The van der Waals surface area contributed by atoms with Gasteiger partial charge in [-0.2, -0.15) is 13.2 Å². The molecule has 1 fully saturated rings. The Labute approximate surface area is 228 Å². The first-order valence-electron chi connectivity index (χ1n) is 12.1. The lowest BCUT2D eigenvalue weighted by Gasteiger charge is -2.33. The number of likely N-dealkylation sites (tertiary alicyclic amines) is 1. The lowest BCUT2D eigenvalue weighted by atomic mass is 10.0. The third-order valence-electron chi connectivity index (χ3n) is 6.26. The Morgan fingerprint density at radius 1 is 1.21 bits per heavy atom. The van der Waals surface area contributed by atoms with Gasteiger partial charge in [0.2, 0.25) is 0 Å². The average Bonchev–Trinajstić information content (AvgIpc) is 3.20. The number of nitrogens with zero attached hydrogens (tertiary/aromatic N) is 3. The number of alkyl halides is 6. The van der Waals surface area contributed by atoms with Gasteiger partial charge in [0.1, 0.15) is 16.9 Å². The molecule has 0 saturated carbocycles. The second kappa shape index (κ2) is 12.3. The number of piperidine rings is 1. The van der Waals surface area contributed by atoms with E-state index in [2.05, 4.69) is 27.5 Å². The highest BCUT2D eigenvalue weighted by molar-refractivity contribution is 8.00. The number of anilines is 2. The summed E-state index contributed by atoms with van der Waals surface area (Å²) in [6.45, 7) is 4.79. The van der Waals surface area contributed by atoms with Crippen molar-refractivity contribution in [2.24, 2.45) is 0 Å². The summed E-state index contributed by atoms with van der Waals surface area (Å²) in [5.41, 5.74) is -4.05. The Hall–Kier alpha value is -2.61. The molecule has 3 heterocycles. The van der Waals surface area contributed by atoms with Gasteiger partial charge in [-0.1, -0.05) is 19.9 Å². The molecule has 1 aromatic carbocycles. The molecule has 1 saturated heterocycles. The molecule has 0 radical (unpaired) electrons. The number of aromatic nitrogens is 2. The SMILES string of the molecule is CN1CCC(Nc2cccn3c(SC(F)(F)F)c(C#CCNc4ccc(P(C)C)cc4C(F)F)nc23)C(F)C1. The number of hydrogen-bond donors (Lipinski definition) is 2. The molecule has 4 rings (SSSR count). The van der Waals surface area contributed by atoms with Crippen molar-refractivity contribution < 1.29 is 26.3 Å². The molecule has 0 aliphatic carbocycles. The number of imidazole rings is 1. The van der Waals surface area contributed by atoms with Crippen LogP contribution in [0, 0.1) is 11.8 Å². The first-order valence-corrected chi connectivity index (χ1v) is 15.2. The molecule has 0 bridgehead atoms. The van der Waals surface area contributed by atoms with Gasteiger partial charge in [0.25, 0.3) is 6.43 Å². The molecule has 39 heavy (non-hydrogen) atoms. The minimum Gasteiger partial charge on any atom is -0.376 e. The molecule has 2 aromatic heterocycles. The fourth-order valence-corrected chi connectivity index (χ4v) is 5.73. The van der Waals surface area contributed by atoms with E-state index in [1.165, 1.54) is 16.7 Å². The Morgan fingerprint density at radius 3 is 2.64 bits per heavy atom. The second-order valence-corrected chi connectivity index (χ2v) is 12.7. The number of halogens is 6. The summed E-state index contributed by atoms with van der Waals surface area (Å²) in [7, 11) is 1.27. The number of nitrogens with one attached hydrogen (secondary N) is 2. The lowest BCUT2D eigenvalue weighted by Crippen LogP contribution is -2.46. The van der Waals surface area contributed by atoms with E-state index in [-0.39, 0.29) is 52.5 Å². The molecule has 2 unspecified atom stereocenters. The van der Waals surface area contributed by atoms with Gasteiger partial charge >= 0.3 is 5.51 Å². The normalized spacial score (nSPS) is 18.4. The molecule has 2 atom stereocenters. The highest BCUT2D eigenvalue weighted by Gasteiger charge is 2.34. The van der Waals surface area contributed by atoms with Crippen LogP contribution in [0.5, 0.6) is 0 Å². The van der Waals surface area contributed by atoms with Gasteiger partial charge < -0.3 is 15.5 Å². The lowest BCUT2D eigenvalue weighted by molar-refractivity contribution is -0.0329. The van der Waals surface area contributed by atoms with Crippen LogP contribution in [0.3, 0.4) is 0 Å². The van der Waals surface area contributed by atoms with Gasteiger partial charge in [-0.15, -0.1) is 0 Å². The Balaban J connectivity index is 1.61. The van der Waals surface area contributed by atoms with Crippen LogP contribution in [-0.2, 0) is 0 Å². The van der Waals surface area contributed by atoms with E-state index in [1.807, 2.05) is 25.3 Å². The number of benzene rings is 1. The average molecular weight is 588 g/mol. The number of pyridine rings is 1. The van der Waals surface area contributed by atoms with Crippen LogP contribution in [0.15, 0.2) is 41.6 Å². The first-order chi connectivity index (χ1) is 18.4. The van der Waals surface area contributed by atoms with Crippen LogP contribution in [0.25, 0.3) is 5.65 Å². The van der Waals surface area contributed by atoms with Crippen LogP contribution in [0.4, 0.5) is 37.7 Å². The molecule has 1 aliphatic rings. The quantitative estimate of drug-likeness (QED) is 0.150. The highest BCUT2D eigenvalue weighted by Crippen LogP contribution is 2.39. The van der Waals surface area contributed by atoms with Crippen molar-refractivity contribution in [3.8, 4) is 11.8 Å². The van der Waals surface area contributed by atoms with E-state index in [4.69, 9.17) is 0 Å². The van der Waals surface area contributed by atoms with E-state index >= 15 is 0 Å². The Morgan fingerprint density at radius 2 is 1.97 bits per heavy atom. The standard InChI is InChI=1S/C26H28F6N5PS/c1-36-13-10-20(18(27)15-36)34-21-7-5-12-37-24(21)35-22(25(37)39-26(30,31)32)6-4-11-33-19-9-8-16(38(2)3)14-17(19)23(28)29/h5,7-9,12,14,18,20,23,33-34H,10-11,13,15H2,1-3H3. The van der Waals surface area contributed by atoms with Crippen molar-refractivity contribution in [1.29, 1.82) is 0 Å². The van der Waals surface area contributed by atoms with Gasteiger partial charge in [0.05, 0.1) is 18.3 Å². The minimum atomic E-state index is -4.60. The van der Waals surface area contributed by atoms with Crippen molar-refractivity contribution in [2.75, 3.05) is 50.6 Å². The zero-order valence-electron chi connectivity index (χ0n) is 21.5. The molecule has 2 N–H and O–H groups in total. The van der Waals surface area contributed by atoms with Gasteiger partial charge in [-0.3, -0.25) is 4.40 Å². The van der Waals surface area contributed by atoms with Gasteiger partial charge in [0.15, 0.2) is 5.65 Å². The van der Waals surface area contributed by atoms with Crippen LogP contribution in [0.2, 0.25) is 0 Å². The van der Waals surface area contributed by atoms with Crippen LogP contribution >= 0.6 is 19.7 Å². The highest BCUT2D eigenvalue weighted by atomic mass is 32.2. The van der Waals surface area contributed by atoms with Gasteiger partial charge in [-0.05, 0) is 62.3 Å². The molecule has 210 valence electrons. The molecule has 5 nitrogen and oxygen atoms in total. The van der Waals surface area contributed by atoms with Crippen molar-refractivity contribution in [3.05, 3.63) is 47.8 Å². The molecule has 0 spiro atoms. The predicted molar refractivity (Wildman–Crippen MR) is 147 cm³/mol. The topological polar surface area (TPSA) is 44.6 Å². The summed E-state index contributed by atoms with van der Waals surface area (Å²) in [5.74, 6) is 5.37. The third kappa shape index (κ3) is 7.33. The number of fused-ring (bicyclic) bond motifs is 1. The summed E-state index contributed by atoms with van der Waals surface area (Å²) in [5, 5.41) is 6.55. The Kier molecular flexibility index (Phi) is 9.25. The van der Waals surface area contributed by atoms with E-state index in [0.717, 1.165) is 5.30 Å². The monoisotopic (exact) mass is 587 g/mol. The second-order valence-electron chi connectivity index (χ2n) is 9.37. The van der Waals surface area contributed by atoms with E-state index in [0.29, 0.717) is 18.7 Å².